The summed E-state index contributed by atoms with van der Waals surface area (Å²) in [5.74, 6) is -0.225. The first-order valence-electron chi connectivity index (χ1n) is 7.11. The summed E-state index contributed by atoms with van der Waals surface area (Å²) in [5.41, 5.74) is 2.20. The first kappa shape index (κ1) is 17.2. The number of carbonyl (C=O) groups excluding carboxylic acids is 2. The van der Waals surface area contributed by atoms with Gasteiger partial charge in [-0.25, -0.2) is 0 Å². The van der Waals surface area contributed by atoms with E-state index in [4.69, 9.17) is 0 Å². The number of carbonyl (C=O) groups is 2. The van der Waals surface area contributed by atoms with Crippen LogP contribution in [0.15, 0.2) is 24.3 Å². The average molecular weight is 291 g/mol. The largest absolute Gasteiger partial charge is 0.353 e. The fourth-order valence-electron chi connectivity index (χ4n) is 1.84. The van der Waals surface area contributed by atoms with Gasteiger partial charge in [0.15, 0.2) is 0 Å². The Balaban J connectivity index is 2.51. The lowest BCUT2D eigenvalue weighted by Gasteiger charge is -2.21. The quantitative estimate of drug-likeness (QED) is 0.816. The molecule has 0 atom stereocenters. The van der Waals surface area contributed by atoms with Gasteiger partial charge in [0.1, 0.15) is 0 Å². The molecule has 5 nitrogen and oxygen atoms in total. The number of hydrogen-bond acceptors (Lipinski definition) is 3. The topological polar surface area (TPSA) is 52.7 Å². The summed E-state index contributed by atoms with van der Waals surface area (Å²) in [7, 11) is 3.90. The second-order valence-electron chi connectivity index (χ2n) is 5.51. The van der Waals surface area contributed by atoms with Crippen LogP contribution in [0.25, 0.3) is 0 Å². The maximum Gasteiger partial charge on any atom is 0.239 e. The molecule has 0 spiro atoms. The Labute approximate surface area is 126 Å². The van der Waals surface area contributed by atoms with Gasteiger partial charge in [-0.3, -0.25) is 9.59 Å². The Morgan fingerprint density at radius 2 is 1.76 bits per heavy atom. The Bertz CT molecular complexity index is 469. The van der Waals surface area contributed by atoms with Crippen LogP contribution in [0.4, 0.5) is 0 Å². The molecule has 1 rings (SSSR count). The molecule has 0 heterocycles. The molecule has 0 aliphatic heterocycles. The van der Waals surface area contributed by atoms with E-state index in [2.05, 4.69) is 5.32 Å². The van der Waals surface area contributed by atoms with E-state index in [1.807, 2.05) is 50.2 Å². The number of hydrogen-bond donors (Lipinski definition) is 1. The summed E-state index contributed by atoms with van der Waals surface area (Å²) < 4.78 is 0. The maximum absolute atomic E-state index is 11.9. The third-order valence-corrected chi connectivity index (χ3v) is 3.16. The van der Waals surface area contributed by atoms with Gasteiger partial charge in [-0.05, 0) is 26.6 Å². The molecule has 0 unspecified atom stereocenters. The molecule has 0 saturated carbocycles. The molecule has 1 aromatic carbocycles. The summed E-state index contributed by atoms with van der Waals surface area (Å²) in [6.07, 6.45) is 0. The van der Waals surface area contributed by atoms with Gasteiger partial charge in [0.05, 0.1) is 6.54 Å². The van der Waals surface area contributed by atoms with Crippen molar-refractivity contribution in [2.24, 2.45) is 0 Å². The number of rotatable bonds is 7. The van der Waals surface area contributed by atoms with Crippen LogP contribution in [0, 0.1) is 6.92 Å². The van der Waals surface area contributed by atoms with Gasteiger partial charge >= 0.3 is 0 Å². The fraction of sp³-hybridized carbons (Fsp3) is 0.500. The normalized spacial score (nSPS) is 10.5. The minimum atomic E-state index is -0.126. The zero-order valence-corrected chi connectivity index (χ0v) is 13.3. The highest BCUT2D eigenvalue weighted by Crippen LogP contribution is 2.07. The standard InChI is InChI=1S/C16H25N3O2/c1-13-5-7-15(8-6-13)11-19(14(2)20)12-16(21)17-9-10-18(3)4/h5-8H,9-12H2,1-4H3,(H,17,21). The fourth-order valence-corrected chi connectivity index (χ4v) is 1.84. The summed E-state index contributed by atoms with van der Waals surface area (Å²) in [5, 5.41) is 2.82. The van der Waals surface area contributed by atoms with Crippen LogP contribution in [0.2, 0.25) is 0 Å². The van der Waals surface area contributed by atoms with Gasteiger partial charge in [-0.2, -0.15) is 0 Å². The Hall–Kier alpha value is -1.88. The van der Waals surface area contributed by atoms with E-state index in [1.165, 1.54) is 12.5 Å². The number of nitrogens with zero attached hydrogens (tertiary/aromatic N) is 2. The van der Waals surface area contributed by atoms with Crippen molar-refractivity contribution < 1.29 is 9.59 Å². The van der Waals surface area contributed by atoms with Gasteiger partial charge in [0.25, 0.3) is 0 Å². The average Bonchev–Trinajstić information content (AvgIpc) is 2.40. The highest BCUT2D eigenvalue weighted by Gasteiger charge is 2.13. The van der Waals surface area contributed by atoms with E-state index in [0.29, 0.717) is 13.1 Å². The van der Waals surface area contributed by atoms with Gasteiger partial charge < -0.3 is 15.1 Å². The first-order chi connectivity index (χ1) is 9.88. The predicted octanol–water partition coefficient (Wildman–Crippen LogP) is 1.02. The molecule has 0 fully saturated rings. The van der Waals surface area contributed by atoms with Crippen molar-refractivity contribution in [2.45, 2.75) is 20.4 Å². The lowest BCUT2D eigenvalue weighted by Crippen LogP contribution is -2.41. The molecule has 21 heavy (non-hydrogen) atoms. The highest BCUT2D eigenvalue weighted by molar-refractivity contribution is 5.83. The van der Waals surface area contributed by atoms with Gasteiger partial charge in [0, 0.05) is 26.6 Å². The lowest BCUT2D eigenvalue weighted by molar-refractivity contribution is -0.134. The summed E-state index contributed by atoms with van der Waals surface area (Å²) in [6.45, 7) is 5.42. The monoisotopic (exact) mass is 291 g/mol. The predicted molar refractivity (Wildman–Crippen MR) is 83.8 cm³/mol. The van der Waals surface area contributed by atoms with Crippen molar-refractivity contribution in [3.05, 3.63) is 35.4 Å². The van der Waals surface area contributed by atoms with Crippen molar-refractivity contribution >= 4 is 11.8 Å². The van der Waals surface area contributed by atoms with Crippen molar-refractivity contribution in [2.75, 3.05) is 33.7 Å². The van der Waals surface area contributed by atoms with Crippen LogP contribution in [0.3, 0.4) is 0 Å². The number of aryl methyl sites for hydroxylation is 1. The second-order valence-corrected chi connectivity index (χ2v) is 5.51. The van der Waals surface area contributed by atoms with Gasteiger partial charge in [-0.1, -0.05) is 29.8 Å². The summed E-state index contributed by atoms with van der Waals surface area (Å²) >= 11 is 0. The zero-order chi connectivity index (χ0) is 15.8. The minimum Gasteiger partial charge on any atom is -0.353 e. The minimum absolute atomic E-state index is 0.0939. The molecule has 0 bridgehead atoms. The number of likely N-dealkylation sites (N-methyl/N-ethyl adjacent to an activating group) is 1. The van der Waals surface area contributed by atoms with Crippen molar-refractivity contribution in [3.63, 3.8) is 0 Å². The van der Waals surface area contributed by atoms with E-state index in [9.17, 15) is 9.59 Å². The molecule has 0 aliphatic carbocycles. The van der Waals surface area contributed by atoms with Crippen molar-refractivity contribution in [3.8, 4) is 0 Å². The highest BCUT2D eigenvalue weighted by atomic mass is 16.2. The Morgan fingerprint density at radius 3 is 2.29 bits per heavy atom. The van der Waals surface area contributed by atoms with Crippen LogP contribution in [0.5, 0.6) is 0 Å². The molecular weight excluding hydrogens is 266 g/mol. The van der Waals surface area contributed by atoms with Crippen LogP contribution >= 0.6 is 0 Å². The molecule has 0 radical (unpaired) electrons. The Kier molecular flexibility index (Phi) is 6.88. The molecule has 5 heteroatoms. The van der Waals surface area contributed by atoms with Crippen molar-refractivity contribution in [1.82, 2.24) is 15.1 Å². The molecule has 2 amide bonds. The van der Waals surface area contributed by atoms with Gasteiger partial charge in [-0.15, -0.1) is 0 Å². The van der Waals surface area contributed by atoms with Crippen LogP contribution < -0.4 is 5.32 Å². The van der Waals surface area contributed by atoms with Crippen LogP contribution in [-0.4, -0.2) is 55.3 Å². The molecule has 0 aliphatic rings. The number of amides is 2. The third-order valence-electron chi connectivity index (χ3n) is 3.16. The van der Waals surface area contributed by atoms with Crippen LogP contribution in [0.1, 0.15) is 18.1 Å². The zero-order valence-electron chi connectivity index (χ0n) is 13.3. The van der Waals surface area contributed by atoms with Crippen LogP contribution in [-0.2, 0) is 16.1 Å². The van der Waals surface area contributed by atoms with E-state index in [-0.39, 0.29) is 18.4 Å². The van der Waals surface area contributed by atoms with E-state index < -0.39 is 0 Å². The van der Waals surface area contributed by atoms with E-state index >= 15 is 0 Å². The molecule has 1 N–H and O–H groups in total. The molecule has 0 saturated heterocycles. The van der Waals surface area contributed by atoms with E-state index in [0.717, 1.165) is 12.1 Å². The summed E-state index contributed by atoms with van der Waals surface area (Å²) in [6, 6.07) is 7.97. The maximum atomic E-state index is 11.9. The molecule has 0 aromatic heterocycles. The summed E-state index contributed by atoms with van der Waals surface area (Å²) in [4.78, 5) is 27.1. The van der Waals surface area contributed by atoms with E-state index in [1.54, 1.807) is 4.90 Å². The second kappa shape index (κ2) is 8.42. The molecule has 1 aromatic rings. The number of nitrogens with one attached hydrogen (secondary N) is 1. The smallest absolute Gasteiger partial charge is 0.239 e. The van der Waals surface area contributed by atoms with Crippen molar-refractivity contribution in [1.29, 1.82) is 0 Å². The number of benzene rings is 1. The van der Waals surface area contributed by atoms with Gasteiger partial charge in [0.2, 0.25) is 11.8 Å². The lowest BCUT2D eigenvalue weighted by atomic mass is 10.1. The first-order valence-corrected chi connectivity index (χ1v) is 7.11. The third kappa shape index (κ3) is 6.90. The Morgan fingerprint density at radius 1 is 1.14 bits per heavy atom. The molecular formula is C16H25N3O2. The SMILES string of the molecule is CC(=O)N(CC(=O)NCCN(C)C)Cc1ccc(C)cc1. The molecule has 116 valence electrons.